The van der Waals surface area contributed by atoms with Crippen LogP contribution in [-0.2, 0) is 11.2 Å². The van der Waals surface area contributed by atoms with Gasteiger partial charge in [0.2, 0.25) is 5.91 Å². The summed E-state index contributed by atoms with van der Waals surface area (Å²) in [4.78, 5) is 25.5. The van der Waals surface area contributed by atoms with Crippen LogP contribution >= 0.6 is 0 Å². The van der Waals surface area contributed by atoms with Gasteiger partial charge in [0.1, 0.15) is 11.6 Å². The lowest BCUT2D eigenvalue weighted by Gasteiger charge is -2.23. The summed E-state index contributed by atoms with van der Waals surface area (Å²) in [7, 11) is 0. The molecule has 0 bridgehead atoms. The normalized spacial score (nSPS) is 15.8. The first kappa shape index (κ1) is 18.0. The molecule has 0 fully saturated rings. The van der Waals surface area contributed by atoms with Crippen molar-refractivity contribution in [1.29, 1.82) is 0 Å². The van der Waals surface area contributed by atoms with Crippen molar-refractivity contribution in [1.82, 2.24) is 9.78 Å². The largest absolute Gasteiger partial charge is 0.508 e. The van der Waals surface area contributed by atoms with Crippen molar-refractivity contribution < 1.29 is 14.7 Å². The summed E-state index contributed by atoms with van der Waals surface area (Å²) in [5.74, 6) is -0.318. The Labute approximate surface area is 162 Å². The molecule has 6 heteroatoms. The number of phenolic OH excluding ortho intramolecular Hbond substituents is 1. The van der Waals surface area contributed by atoms with E-state index in [1.165, 1.54) is 17.7 Å². The van der Waals surface area contributed by atoms with Gasteiger partial charge < -0.3 is 10.4 Å². The lowest BCUT2D eigenvalue weighted by Crippen LogP contribution is -2.28. The van der Waals surface area contributed by atoms with Gasteiger partial charge in [0.25, 0.3) is 0 Å². The quantitative estimate of drug-likeness (QED) is 0.680. The number of ketones is 1. The number of anilines is 1. The molecule has 1 amide bonds. The third kappa shape index (κ3) is 3.07. The summed E-state index contributed by atoms with van der Waals surface area (Å²) in [5.41, 5.74) is 3.97. The maximum Gasteiger partial charge on any atom is 0.226 e. The summed E-state index contributed by atoms with van der Waals surface area (Å²) >= 11 is 0. The zero-order valence-electron chi connectivity index (χ0n) is 15.8. The number of aryl methyl sites for hydroxylation is 2. The van der Waals surface area contributed by atoms with Gasteiger partial charge in [0, 0.05) is 17.5 Å². The highest BCUT2D eigenvalue weighted by molar-refractivity contribution is 6.08. The van der Waals surface area contributed by atoms with Crippen molar-refractivity contribution >= 4 is 17.5 Å². The number of aromatic hydroxyl groups is 1. The smallest absolute Gasteiger partial charge is 0.226 e. The van der Waals surface area contributed by atoms with Gasteiger partial charge in [-0.05, 0) is 55.3 Å². The number of benzene rings is 2. The molecule has 0 saturated carbocycles. The van der Waals surface area contributed by atoms with Crippen molar-refractivity contribution in [2.75, 3.05) is 5.32 Å². The molecule has 1 atom stereocenters. The van der Waals surface area contributed by atoms with E-state index in [1.54, 1.807) is 16.8 Å². The van der Waals surface area contributed by atoms with Gasteiger partial charge in [-0.3, -0.25) is 9.59 Å². The molecule has 4 rings (SSSR count). The highest BCUT2D eigenvalue weighted by Crippen LogP contribution is 2.38. The van der Waals surface area contributed by atoms with Crippen LogP contribution in [0.1, 0.15) is 46.4 Å². The molecule has 3 aromatic rings. The van der Waals surface area contributed by atoms with E-state index in [1.807, 2.05) is 31.2 Å². The number of nitrogens with zero attached hydrogens (tertiary/aromatic N) is 2. The zero-order chi connectivity index (χ0) is 19.8. The van der Waals surface area contributed by atoms with Gasteiger partial charge in [-0.25, -0.2) is 4.68 Å². The molecule has 1 aliphatic rings. The first-order valence-electron chi connectivity index (χ1n) is 9.30. The summed E-state index contributed by atoms with van der Waals surface area (Å²) in [5, 5.41) is 17.0. The number of carbonyl (C=O) groups is 2. The molecule has 28 heavy (non-hydrogen) atoms. The average Bonchev–Trinajstić information content (AvgIpc) is 3.03. The van der Waals surface area contributed by atoms with Crippen LogP contribution in [0.4, 0.5) is 5.82 Å². The Morgan fingerprint density at radius 3 is 2.50 bits per heavy atom. The number of Topliss-reactive ketones (excluding diaryl/α,β-unsaturated/α-hetero) is 1. The van der Waals surface area contributed by atoms with Crippen LogP contribution in [0.5, 0.6) is 5.75 Å². The number of phenols is 1. The molecule has 0 radical (unpaired) electrons. The Morgan fingerprint density at radius 2 is 1.86 bits per heavy atom. The summed E-state index contributed by atoms with van der Waals surface area (Å²) in [6.45, 7) is 3.94. The van der Waals surface area contributed by atoms with E-state index in [2.05, 4.69) is 17.3 Å². The fourth-order valence-corrected chi connectivity index (χ4v) is 3.66. The Morgan fingerprint density at radius 1 is 1.18 bits per heavy atom. The maximum atomic E-state index is 13.1. The minimum absolute atomic E-state index is 0.0774. The topological polar surface area (TPSA) is 84.2 Å². The van der Waals surface area contributed by atoms with Gasteiger partial charge in [0.05, 0.1) is 17.3 Å². The van der Waals surface area contributed by atoms with Crippen LogP contribution in [0.25, 0.3) is 5.69 Å². The van der Waals surface area contributed by atoms with E-state index in [4.69, 9.17) is 0 Å². The molecule has 0 aliphatic carbocycles. The van der Waals surface area contributed by atoms with E-state index < -0.39 is 5.92 Å². The van der Waals surface area contributed by atoms with Crippen molar-refractivity contribution in [2.24, 2.45) is 0 Å². The molecule has 2 aromatic carbocycles. The second-order valence-electron chi connectivity index (χ2n) is 7.00. The molecule has 0 saturated heterocycles. The van der Waals surface area contributed by atoms with Crippen LogP contribution in [0.2, 0.25) is 0 Å². The van der Waals surface area contributed by atoms with Crippen molar-refractivity contribution in [3.63, 3.8) is 0 Å². The maximum absolute atomic E-state index is 13.1. The average molecular weight is 375 g/mol. The van der Waals surface area contributed by atoms with Gasteiger partial charge in [-0.2, -0.15) is 5.10 Å². The van der Waals surface area contributed by atoms with Crippen molar-refractivity contribution in [3.8, 4) is 11.4 Å². The van der Waals surface area contributed by atoms with Crippen LogP contribution in [-0.4, -0.2) is 26.6 Å². The Kier molecular flexibility index (Phi) is 4.47. The predicted octanol–water partition coefficient (Wildman–Crippen LogP) is 3.76. The molecule has 142 valence electrons. The third-order valence-corrected chi connectivity index (χ3v) is 5.16. The molecule has 0 spiro atoms. The van der Waals surface area contributed by atoms with E-state index in [0.29, 0.717) is 17.1 Å². The van der Waals surface area contributed by atoms with Crippen LogP contribution in [0.15, 0.2) is 48.5 Å². The van der Waals surface area contributed by atoms with E-state index in [-0.39, 0.29) is 23.9 Å². The van der Waals surface area contributed by atoms with Crippen LogP contribution < -0.4 is 5.32 Å². The second kappa shape index (κ2) is 6.96. The molecule has 1 aliphatic heterocycles. The number of amides is 1. The minimum atomic E-state index is -0.600. The molecule has 2 N–H and O–H groups in total. The molecule has 2 heterocycles. The number of carbonyl (C=O) groups excluding carboxylic acids is 2. The van der Waals surface area contributed by atoms with Crippen molar-refractivity contribution in [3.05, 3.63) is 70.9 Å². The Hall–Kier alpha value is -3.41. The number of nitrogens with one attached hydrogen (secondary N) is 1. The van der Waals surface area contributed by atoms with Crippen LogP contribution in [0, 0.1) is 6.92 Å². The number of hydrogen-bond acceptors (Lipinski definition) is 4. The second-order valence-corrected chi connectivity index (χ2v) is 7.00. The lowest BCUT2D eigenvalue weighted by atomic mass is 9.85. The summed E-state index contributed by atoms with van der Waals surface area (Å²) in [6, 6.07) is 14.1. The molecular weight excluding hydrogens is 354 g/mol. The number of hydrogen-bond donors (Lipinski definition) is 2. The van der Waals surface area contributed by atoms with E-state index in [9.17, 15) is 14.7 Å². The van der Waals surface area contributed by atoms with E-state index >= 15 is 0 Å². The number of aromatic nitrogens is 2. The van der Waals surface area contributed by atoms with Gasteiger partial charge in [-0.1, -0.05) is 19.1 Å². The first-order valence-corrected chi connectivity index (χ1v) is 9.30. The third-order valence-electron chi connectivity index (χ3n) is 5.16. The van der Waals surface area contributed by atoms with Gasteiger partial charge in [0.15, 0.2) is 5.78 Å². The molecule has 1 aromatic heterocycles. The number of fused-ring (bicyclic) bond motifs is 1. The van der Waals surface area contributed by atoms with Crippen molar-refractivity contribution in [2.45, 2.75) is 32.6 Å². The standard InChI is InChI=1S/C22H21N3O3/c1-3-14-4-8-16(9-5-14)25-22-20(13(2)24-25)18(12-19(27)23-22)21(28)15-6-10-17(26)11-7-15/h4-11,18,26H,3,12H2,1-2H3,(H,23,27). The van der Waals surface area contributed by atoms with Crippen LogP contribution in [0.3, 0.4) is 0 Å². The molecule has 6 nitrogen and oxygen atoms in total. The Bertz CT molecular complexity index is 1050. The predicted molar refractivity (Wildman–Crippen MR) is 106 cm³/mol. The lowest BCUT2D eigenvalue weighted by molar-refractivity contribution is -0.116. The fraction of sp³-hybridized carbons (Fsp3) is 0.227. The summed E-state index contributed by atoms with van der Waals surface area (Å²) in [6.07, 6.45) is 1.02. The SMILES string of the molecule is CCc1ccc(-n2nc(C)c3c2NC(=O)CC3C(=O)c2ccc(O)cc2)cc1. The van der Waals surface area contributed by atoms with E-state index in [0.717, 1.165) is 17.7 Å². The highest BCUT2D eigenvalue weighted by Gasteiger charge is 2.36. The van der Waals surface area contributed by atoms with Gasteiger partial charge in [-0.15, -0.1) is 0 Å². The molecular formula is C22H21N3O3. The monoisotopic (exact) mass is 375 g/mol. The zero-order valence-corrected chi connectivity index (χ0v) is 15.8. The number of rotatable bonds is 4. The fourth-order valence-electron chi connectivity index (χ4n) is 3.66. The summed E-state index contributed by atoms with van der Waals surface area (Å²) < 4.78 is 1.69. The minimum Gasteiger partial charge on any atom is -0.508 e. The highest BCUT2D eigenvalue weighted by atomic mass is 16.3. The Balaban J connectivity index is 1.78. The van der Waals surface area contributed by atoms with Gasteiger partial charge >= 0.3 is 0 Å². The first-order chi connectivity index (χ1) is 13.5. The molecule has 1 unspecified atom stereocenters.